The molecule has 3 aromatic heterocycles. The van der Waals surface area contributed by atoms with Crippen LogP contribution in [0.25, 0.3) is 21.8 Å². The van der Waals surface area contributed by atoms with E-state index in [1.54, 1.807) is 58.1 Å². The number of ketones is 1. The maximum absolute atomic E-state index is 11.0. The Balaban J connectivity index is 0.00000107. The first-order valence-electron chi connectivity index (χ1n) is 35.3. The average molecular weight is 1350 g/mol. The number of para-hydroxylation sites is 2. The fourth-order valence-corrected chi connectivity index (χ4v) is 7.63. The summed E-state index contributed by atoms with van der Waals surface area (Å²) in [7, 11) is 1.57. The van der Waals surface area contributed by atoms with Crippen molar-refractivity contribution in [2.75, 3.05) is 26.1 Å². The number of aromatic amines is 3. The van der Waals surface area contributed by atoms with Crippen LogP contribution in [0.1, 0.15) is 174 Å². The number of fused-ring (bicyclic) bond motifs is 2. The Morgan fingerprint density at radius 3 is 1.44 bits per heavy atom. The molecule has 11 rings (SSSR count). The van der Waals surface area contributed by atoms with Crippen LogP contribution in [0, 0.1) is 0 Å². The van der Waals surface area contributed by atoms with Crippen molar-refractivity contribution in [1.29, 1.82) is 0 Å². The van der Waals surface area contributed by atoms with Gasteiger partial charge in [-0.05, 0) is 120 Å². The van der Waals surface area contributed by atoms with E-state index >= 15 is 0 Å². The van der Waals surface area contributed by atoms with E-state index in [4.69, 9.17) is 15.6 Å². The number of carbonyl (C=O) groups is 3. The number of benzene rings is 7. The van der Waals surface area contributed by atoms with Crippen molar-refractivity contribution >= 4 is 57.8 Å². The molecule has 0 spiro atoms. The third-order valence-corrected chi connectivity index (χ3v) is 14.2. The van der Waals surface area contributed by atoms with Gasteiger partial charge in [-0.2, -0.15) is 0 Å². The summed E-state index contributed by atoms with van der Waals surface area (Å²) in [5.74, 6) is 0.358. The second-order valence-electron chi connectivity index (χ2n) is 22.0. The zero-order valence-corrected chi connectivity index (χ0v) is 61.9. The molecular formula is C85H119N7O7. The van der Waals surface area contributed by atoms with Crippen LogP contribution >= 0.6 is 0 Å². The summed E-state index contributed by atoms with van der Waals surface area (Å²) < 4.78 is 14.3. The standard InChI is InChI=1S/C11H14O.C10H11N.C10H12O2.C8H7N.C8H11N.C8H10O.C8H10.C6H12O3.C5H8N2.2C4H10.C3H4N2/c1-2-11(12)9-8-10-6-4-3-5-7-10;1-2-8-7-11-10-6-4-3-5-9(8)10;1-2-10(11)12-8-9-6-4-3-5-7-9;1-2-4-8-7(3-1)5-6-9-8;2*1-2-7-3-5-8(9)6-4-7;1-2-8-6-4-3-5-7-8;1-3-6(7)9-5-4-8-2;1-2-5-3-6-4-7-5;2*1-3-4-2;1-2-5-3-4-1/h3-7H,2,8-9H2,1H3;3-7,11H,2H2,1H3;3-7H,2,8H2,1H3;1-6,9H;3-6H,2,9H2,1H3;3-6,9H,2H2,1H3;3-7H,2H2,1H3;3-5H2,1-2H3;3-5H,2H2,1H3;2*3-4H2,1-2H3;1-3H,(H,4,5). The van der Waals surface area contributed by atoms with Gasteiger partial charge in [-0.15, -0.1) is 0 Å². The molecule has 1 aliphatic heterocycles. The van der Waals surface area contributed by atoms with Gasteiger partial charge in [-0.1, -0.05) is 260 Å². The highest BCUT2D eigenvalue weighted by Crippen LogP contribution is 2.18. The molecule has 0 saturated carbocycles. The molecule has 0 fully saturated rings. The minimum atomic E-state index is -0.174. The quantitative estimate of drug-likeness (QED) is 0.0314. The third kappa shape index (κ3) is 48.7. The summed E-state index contributed by atoms with van der Waals surface area (Å²) in [6.45, 7) is 26.1. The smallest absolute Gasteiger partial charge is 0.305 e. The molecule has 0 saturated heterocycles. The van der Waals surface area contributed by atoms with Crippen molar-refractivity contribution in [2.24, 2.45) is 9.98 Å². The highest BCUT2D eigenvalue weighted by atomic mass is 16.6. The van der Waals surface area contributed by atoms with Crippen molar-refractivity contribution in [1.82, 2.24) is 19.9 Å². The predicted molar refractivity (Wildman–Crippen MR) is 420 cm³/mol. The normalized spacial score (nSPS) is 10.6. The molecule has 14 heteroatoms. The average Bonchev–Trinajstić information content (AvgIpc) is 1.79. The van der Waals surface area contributed by atoms with Gasteiger partial charge in [-0.3, -0.25) is 19.4 Å². The van der Waals surface area contributed by atoms with Gasteiger partial charge in [0, 0.05) is 85.9 Å². The number of ether oxygens (including phenoxy) is 3. The van der Waals surface area contributed by atoms with Crippen molar-refractivity contribution in [2.45, 2.75) is 186 Å². The number of anilines is 1. The van der Waals surface area contributed by atoms with Crippen molar-refractivity contribution < 1.29 is 33.7 Å². The Labute approximate surface area is 594 Å². The molecule has 0 radical (unpaired) electrons. The van der Waals surface area contributed by atoms with E-state index in [-0.39, 0.29) is 11.9 Å². The number of aromatic nitrogens is 4. The number of nitrogen functional groups attached to an aromatic ring is 1. The zero-order valence-electron chi connectivity index (χ0n) is 61.9. The summed E-state index contributed by atoms with van der Waals surface area (Å²) in [5.41, 5.74) is 16.5. The van der Waals surface area contributed by atoms with E-state index < -0.39 is 0 Å². The number of carbonyl (C=O) groups excluding carboxylic acids is 3. The molecule has 99 heavy (non-hydrogen) atoms. The first-order valence-corrected chi connectivity index (χ1v) is 35.3. The third-order valence-electron chi connectivity index (χ3n) is 14.2. The van der Waals surface area contributed by atoms with E-state index in [9.17, 15) is 14.4 Å². The lowest BCUT2D eigenvalue weighted by Gasteiger charge is -2.01. The molecule has 536 valence electrons. The van der Waals surface area contributed by atoms with Gasteiger partial charge in [0.1, 0.15) is 31.1 Å². The summed E-state index contributed by atoms with van der Waals surface area (Å²) in [6.07, 6.45) is 26.4. The number of hydrogen-bond donors (Lipinski definition) is 5. The molecular weight excluding hydrogens is 1230 g/mol. The van der Waals surface area contributed by atoms with Gasteiger partial charge in [0.05, 0.1) is 19.0 Å². The monoisotopic (exact) mass is 1350 g/mol. The van der Waals surface area contributed by atoms with Gasteiger partial charge in [-0.25, -0.2) is 9.98 Å². The zero-order chi connectivity index (χ0) is 73.2. The minimum Gasteiger partial charge on any atom is -0.508 e. The number of nitrogens with one attached hydrogen (secondary N) is 3. The Hall–Kier alpha value is -9.66. The van der Waals surface area contributed by atoms with Gasteiger partial charge < -0.3 is 40.0 Å². The SMILES string of the molecule is CCC(=O)CCc1ccccc1.CCC(=O)OCCOC.CCC(=O)OCc1ccccc1.CCC1C=NC=N1.CCCC.CCCC.CCc1c[nH]c2ccccc12.CCc1ccc(N)cc1.CCc1ccc(O)cc1.CCc1ccccc1.c1c[nH]cn1.c1ccc2[nH]ccc2c1. The van der Waals surface area contributed by atoms with Crippen LogP contribution in [0.4, 0.5) is 5.69 Å². The predicted octanol–water partition coefficient (Wildman–Crippen LogP) is 21.2. The first-order chi connectivity index (χ1) is 48.2. The molecule has 0 bridgehead atoms. The highest BCUT2D eigenvalue weighted by Gasteiger charge is 2.02. The molecule has 1 atom stereocenters. The maximum Gasteiger partial charge on any atom is 0.305 e. The second kappa shape index (κ2) is 63.1. The lowest BCUT2D eigenvalue weighted by atomic mass is 10.1. The van der Waals surface area contributed by atoms with Crippen LogP contribution in [0.2, 0.25) is 0 Å². The summed E-state index contributed by atoms with van der Waals surface area (Å²) in [5, 5.41) is 11.5. The number of hydrogen-bond acceptors (Lipinski definition) is 11. The number of nitrogens with zero attached hydrogens (tertiary/aromatic N) is 3. The molecule has 4 heterocycles. The molecule has 1 aliphatic rings. The lowest BCUT2D eigenvalue weighted by Crippen LogP contribution is -2.07. The number of H-pyrrole nitrogens is 3. The van der Waals surface area contributed by atoms with Crippen LogP contribution < -0.4 is 5.73 Å². The summed E-state index contributed by atoms with van der Waals surface area (Å²) in [6, 6.07) is 64.5. The molecule has 0 amide bonds. The van der Waals surface area contributed by atoms with Crippen molar-refractivity contribution in [3.8, 4) is 5.75 Å². The Bertz CT molecular complexity index is 3310. The number of phenols is 1. The van der Waals surface area contributed by atoms with E-state index in [1.807, 2.05) is 110 Å². The van der Waals surface area contributed by atoms with Gasteiger partial charge >= 0.3 is 11.9 Å². The van der Waals surface area contributed by atoms with Crippen molar-refractivity contribution in [3.63, 3.8) is 0 Å². The fourth-order valence-electron chi connectivity index (χ4n) is 7.63. The fraction of sp³-hybridized carbons (Fsp3) is 0.365. The highest BCUT2D eigenvalue weighted by molar-refractivity contribution is 5.83. The number of esters is 2. The second-order valence-corrected chi connectivity index (χ2v) is 22.0. The largest absolute Gasteiger partial charge is 0.508 e. The van der Waals surface area contributed by atoms with Gasteiger partial charge in [0.2, 0.25) is 0 Å². The number of aromatic hydroxyl groups is 1. The van der Waals surface area contributed by atoms with Crippen LogP contribution in [-0.2, 0) is 67.3 Å². The maximum atomic E-state index is 11.0. The Morgan fingerprint density at radius 1 is 0.505 bits per heavy atom. The van der Waals surface area contributed by atoms with E-state index in [0.717, 1.165) is 49.8 Å². The molecule has 1 unspecified atom stereocenters. The van der Waals surface area contributed by atoms with E-state index in [0.29, 0.717) is 63.1 Å². The van der Waals surface area contributed by atoms with Crippen LogP contribution in [0.5, 0.6) is 5.75 Å². The number of phenolic OH excluding ortho intramolecular Hbond substituents is 1. The van der Waals surface area contributed by atoms with Crippen LogP contribution in [0.15, 0.2) is 235 Å². The molecule has 14 nitrogen and oxygen atoms in total. The summed E-state index contributed by atoms with van der Waals surface area (Å²) >= 11 is 0. The molecule has 6 N–H and O–H groups in total. The number of Topliss-reactive ketones (excluding diaryl/α,β-unsaturated/α-hetero) is 1. The number of rotatable bonds is 18. The molecule has 10 aromatic rings. The first kappa shape index (κ1) is 89.3. The number of unbranched alkanes of at least 4 members (excludes halogenated alkanes) is 2. The van der Waals surface area contributed by atoms with Crippen LogP contribution in [-0.4, -0.2) is 81.7 Å². The molecule has 7 aromatic carbocycles. The van der Waals surface area contributed by atoms with Gasteiger partial charge in [0.15, 0.2) is 0 Å². The number of nitrogens with two attached hydrogens (primary N) is 1. The van der Waals surface area contributed by atoms with E-state index in [1.165, 1.54) is 75.3 Å². The van der Waals surface area contributed by atoms with Crippen molar-refractivity contribution in [3.05, 3.63) is 259 Å². The molecule has 0 aliphatic carbocycles. The lowest BCUT2D eigenvalue weighted by molar-refractivity contribution is -0.145. The summed E-state index contributed by atoms with van der Waals surface area (Å²) in [4.78, 5) is 52.8. The topological polar surface area (TPSA) is 210 Å². The number of aryl methyl sites for hydroxylation is 5. The Kier molecular flexibility index (Phi) is 56.9. The number of aliphatic imine (C=N–C) groups is 2. The van der Waals surface area contributed by atoms with Crippen LogP contribution in [0.3, 0.4) is 0 Å². The van der Waals surface area contributed by atoms with Gasteiger partial charge in [0.25, 0.3) is 0 Å². The van der Waals surface area contributed by atoms with E-state index in [2.05, 4.69) is 199 Å². The Morgan fingerprint density at radius 2 is 1.01 bits per heavy atom. The number of imidazole rings is 1. The minimum absolute atomic E-state index is 0.154. The number of methoxy groups -OCH3 is 1.